The maximum atomic E-state index is 12.1. The largest absolute Gasteiger partial charge is 0.464 e. The lowest BCUT2D eigenvalue weighted by Crippen LogP contribution is -2.42. The lowest BCUT2D eigenvalue weighted by Gasteiger charge is -2.23. The summed E-state index contributed by atoms with van der Waals surface area (Å²) in [5.74, 6) is -0.0981. The molecule has 0 saturated heterocycles. The third-order valence-electron chi connectivity index (χ3n) is 5.74. The van der Waals surface area contributed by atoms with Crippen LogP contribution in [0.1, 0.15) is 124 Å². The molecule has 0 bridgehead atoms. The van der Waals surface area contributed by atoms with E-state index < -0.39 is 12.1 Å². The predicted molar refractivity (Wildman–Crippen MR) is 129 cm³/mol. The Hall–Kier alpha value is -1.26. The van der Waals surface area contributed by atoms with E-state index in [1.165, 1.54) is 88.4 Å². The van der Waals surface area contributed by atoms with E-state index in [0.717, 1.165) is 12.8 Å². The number of amides is 1. The van der Waals surface area contributed by atoms with Gasteiger partial charge in [0.2, 0.25) is 0 Å². The summed E-state index contributed by atoms with van der Waals surface area (Å²) < 4.78 is 10.5. The second-order valence-corrected chi connectivity index (χ2v) is 9.37. The molecule has 0 fully saturated rings. The monoisotopic (exact) mass is 441 g/mol. The fourth-order valence-electron chi connectivity index (χ4n) is 3.42. The lowest BCUT2D eigenvalue weighted by atomic mass is 10.0. The van der Waals surface area contributed by atoms with Gasteiger partial charge in [0, 0.05) is 7.05 Å². The van der Waals surface area contributed by atoms with Crippen LogP contribution in [0.15, 0.2) is 0 Å². The second-order valence-electron chi connectivity index (χ2n) is 9.37. The van der Waals surface area contributed by atoms with Crippen LogP contribution in [-0.2, 0) is 14.3 Å². The van der Waals surface area contributed by atoms with E-state index in [2.05, 4.69) is 6.92 Å². The normalized spacial score (nSPS) is 12.1. The van der Waals surface area contributed by atoms with Gasteiger partial charge in [0.15, 0.2) is 0 Å². The molecule has 5 nitrogen and oxygen atoms in total. The number of hydrogen-bond donors (Lipinski definition) is 0. The third kappa shape index (κ3) is 18.1. The zero-order valence-corrected chi connectivity index (χ0v) is 21.3. The number of hydrogen-bond acceptors (Lipinski definition) is 4. The highest BCUT2D eigenvalue weighted by atomic mass is 16.6. The van der Waals surface area contributed by atoms with Crippen LogP contribution in [-0.4, -0.2) is 43.3 Å². The zero-order chi connectivity index (χ0) is 23.3. The Morgan fingerprint density at radius 1 is 0.677 bits per heavy atom. The van der Waals surface area contributed by atoms with Crippen LogP contribution in [0.25, 0.3) is 0 Å². The van der Waals surface area contributed by atoms with E-state index in [9.17, 15) is 9.59 Å². The van der Waals surface area contributed by atoms with Gasteiger partial charge in [-0.25, -0.2) is 9.59 Å². The number of carbonyl (C=O) groups is 2. The Bertz CT molecular complexity index is 439. The topological polar surface area (TPSA) is 55.8 Å². The molecule has 0 saturated carbocycles. The van der Waals surface area contributed by atoms with Crippen molar-refractivity contribution in [2.75, 3.05) is 20.3 Å². The van der Waals surface area contributed by atoms with Crippen LogP contribution in [0.2, 0.25) is 0 Å². The first-order valence-electron chi connectivity index (χ1n) is 13.0. The fourth-order valence-corrected chi connectivity index (χ4v) is 3.42. The van der Waals surface area contributed by atoms with Crippen LogP contribution in [0.5, 0.6) is 0 Å². The Balaban J connectivity index is 3.49. The number of likely N-dealkylation sites (N-methyl/N-ethyl adjacent to an activating group) is 1. The van der Waals surface area contributed by atoms with Crippen LogP contribution in [0.3, 0.4) is 0 Å². The van der Waals surface area contributed by atoms with Crippen LogP contribution in [0, 0.1) is 5.92 Å². The highest BCUT2D eigenvalue weighted by Crippen LogP contribution is 2.13. The third-order valence-corrected chi connectivity index (χ3v) is 5.74. The number of unbranched alkanes of at least 4 members (excludes halogenated alkanes) is 14. The molecule has 0 aliphatic carbocycles. The number of carbonyl (C=O) groups excluding carboxylic acids is 2. The number of rotatable bonds is 20. The molecule has 1 unspecified atom stereocenters. The van der Waals surface area contributed by atoms with Crippen LogP contribution >= 0.6 is 0 Å². The van der Waals surface area contributed by atoms with Gasteiger partial charge in [0.1, 0.15) is 6.04 Å². The smallest absolute Gasteiger partial charge is 0.410 e. The zero-order valence-electron chi connectivity index (χ0n) is 21.3. The minimum atomic E-state index is -0.629. The molecule has 0 aromatic carbocycles. The predicted octanol–water partition coefficient (Wildman–Crippen LogP) is 7.51. The molecule has 31 heavy (non-hydrogen) atoms. The van der Waals surface area contributed by atoms with E-state index in [4.69, 9.17) is 9.47 Å². The van der Waals surface area contributed by atoms with Gasteiger partial charge in [-0.1, -0.05) is 111 Å². The van der Waals surface area contributed by atoms with E-state index in [-0.39, 0.29) is 11.9 Å². The fraction of sp³-hybridized carbons (Fsp3) is 0.923. The van der Waals surface area contributed by atoms with Crippen molar-refractivity contribution in [3.05, 3.63) is 0 Å². The second kappa shape index (κ2) is 20.6. The summed E-state index contributed by atoms with van der Waals surface area (Å²) in [5.41, 5.74) is 0. The highest BCUT2D eigenvalue weighted by Gasteiger charge is 2.24. The quantitative estimate of drug-likeness (QED) is 0.145. The molecule has 0 aromatic rings. The van der Waals surface area contributed by atoms with Crippen molar-refractivity contribution >= 4 is 12.1 Å². The molecular weight excluding hydrogens is 390 g/mol. The van der Waals surface area contributed by atoms with Crippen molar-refractivity contribution in [3.8, 4) is 0 Å². The van der Waals surface area contributed by atoms with Crippen molar-refractivity contribution in [1.29, 1.82) is 0 Å². The molecule has 0 aliphatic rings. The van der Waals surface area contributed by atoms with Gasteiger partial charge in [-0.2, -0.15) is 0 Å². The van der Waals surface area contributed by atoms with Crippen molar-refractivity contribution in [1.82, 2.24) is 4.90 Å². The Morgan fingerprint density at radius 3 is 1.52 bits per heavy atom. The van der Waals surface area contributed by atoms with Crippen molar-refractivity contribution in [2.24, 2.45) is 5.92 Å². The number of esters is 1. The summed E-state index contributed by atoms with van der Waals surface area (Å²) in [5, 5.41) is 0. The van der Waals surface area contributed by atoms with E-state index in [1.54, 1.807) is 14.0 Å². The molecular formula is C26H51NO4. The van der Waals surface area contributed by atoms with Crippen LogP contribution < -0.4 is 0 Å². The number of ether oxygens (including phenoxy) is 2. The van der Waals surface area contributed by atoms with Crippen molar-refractivity contribution < 1.29 is 19.1 Å². The van der Waals surface area contributed by atoms with Gasteiger partial charge < -0.3 is 9.47 Å². The van der Waals surface area contributed by atoms with Gasteiger partial charge in [0.25, 0.3) is 0 Å². The Morgan fingerprint density at radius 2 is 1.10 bits per heavy atom. The summed E-state index contributed by atoms with van der Waals surface area (Å²) in [4.78, 5) is 25.3. The van der Waals surface area contributed by atoms with Gasteiger partial charge in [-0.3, -0.25) is 4.90 Å². The minimum Gasteiger partial charge on any atom is -0.464 e. The minimum absolute atomic E-state index is 0.268. The average molecular weight is 442 g/mol. The first-order chi connectivity index (χ1) is 14.9. The lowest BCUT2D eigenvalue weighted by molar-refractivity contribution is -0.148. The molecule has 5 heteroatoms. The molecule has 0 rings (SSSR count). The highest BCUT2D eigenvalue weighted by molar-refractivity contribution is 5.80. The summed E-state index contributed by atoms with van der Waals surface area (Å²) in [7, 11) is 1.57. The maximum absolute atomic E-state index is 12.1. The summed E-state index contributed by atoms with van der Waals surface area (Å²) >= 11 is 0. The first kappa shape index (κ1) is 29.7. The van der Waals surface area contributed by atoms with E-state index in [1.807, 2.05) is 13.8 Å². The van der Waals surface area contributed by atoms with Gasteiger partial charge in [-0.15, -0.1) is 0 Å². The SMILES string of the molecule is CCCCCCCCCCCCCCCCCOC(=O)C(C)N(C)C(=O)OCC(C)C. The molecule has 0 spiro atoms. The molecule has 0 aliphatic heterocycles. The van der Waals surface area contributed by atoms with Crippen LogP contribution in [0.4, 0.5) is 4.79 Å². The average Bonchev–Trinajstić information content (AvgIpc) is 2.75. The number of nitrogens with zero attached hydrogens (tertiary/aromatic N) is 1. The molecule has 1 amide bonds. The first-order valence-corrected chi connectivity index (χ1v) is 13.0. The molecule has 0 heterocycles. The van der Waals surface area contributed by atoms with E-state index in [0.29, 0.717) is 13.2 Å². The molecule has 184 valence electrons. The standard InChI is InChI=1S/C26H51NO4/c1-6-7-8-9-10-11-12-13-14-15-16-17-18-19-20-21-30-25(28)24(4)27(5)26(29)31-22-23(2)3/h23-24H,6-22H2,1-5H3. The molecule has 0 radical (unpaired) electrons. The molecule has 0 N–H and O–H groups in total. The summed E-state index contributed by atoms with van der Waals surface area (Å²) in [6, 6.07) is -0.629. The van der Waals surface area contributed by atoms with Gasteiger partial charge >= 0.3 is 12.1 Å². The Kier molecular flexibility index (Phi) is 19.8. The van der Waals surface area contributed by atoms with Crippen molar-refractivity contribution in [3.63, 3.8) is 0 Å². The summed E-state index contributed by atoms with van der Waals surface area (Å²) in [6.07, 6.45) is 19.2. The maximum Gasteiger partial charge on any atom is 0.410 e. The molecule has 1 atom stereocenters. The van der Waals surface area contributed by atoms with Crippen molar-refractivity contribution in [2.45, 2.75) is 130 Å². The van der Waals surface area contributed by atoms with Gasteiger partial charge in [-0.05, 0) is 19.3 Å². The van der Waals surface area contributed by atoms with E-state index >= 15 is 0 Å². The Labute approximate surface area is 192 Å². The molecule has 0 aromatic heterocycles. The summed E-state index contributed by atoms with van der Waals surface area (Å²) in [6.45, 7) is 8.67. The van der Waals surface area contributed by atoms with Gasteiger partial charge in [0.05, 0.1) is 13.2 Å².